The molecule has 0 fully saturated rings. The van der Waals surface area contributed by atoms with Crippen LogP contribution in [0.4, 0.5) is 15.5 Å². The third-order valence-corrected chi connectivity index (χ3v) is 6.99. The van der Waals surface area contributed by atoms with Crippen LogP contribution in [0.2, 0.25) is 5.02 Å². The molecule has 0 saturated carbocycles. The number of aromatic nitrogens is 1. The number of carbonyl (C=O) groups excluding carboxylic acids is 1. The first-order valence-electron chi connectivity index (χ1n) is 11.8. The third kappa shape index (κ3) is 6.36. The lowest BCUT2D eigenvalue weighted by Crippen LogP contribution is -2.21. The smallest absolute Gasteiger partial charge is 0.307 e. The molecular formula is C27H34ClN3OS. The maximum absolute atomic E-state index is 13.2. The predicted molar refractivity (Wildman–Crippen MR) is 143 cm³/mol. The number of unbranched alkanes of at least 4 members (excludes halogenated alkanes) is 2. The molecule has 6 heteroatoms. The SMILES string of the molecule is CCCCCc1nc(-c2ccccc2Cl)c(NC(=O)Nc2c(C(C)C)cccc2C(C)C)s1. The zero-order chi connectivity index (χ0) is 24.0. The molecule has 176 valence electrons. The summed E-state index contributed by atoms with van der Waals surface area (Å²) in [5.41, 5.74) is 4.72. The highest BCUT2D eigenvalue weighted by molar-refractivity contribution is 7.16. The number of halogens is 1. The van der Waals surface area contributed by atoms with Crippen molar-refractivity contribution in [2.24, 2.45) is 0 Å². The summed E-state index contributed by atoms with van der Waals surface area (Å²) in [5.74, 6) is 0.595. The van der Waals surface area contributed by atoms with Crippen molar-refractivity contribution in [3.05, 3.63) is 63.6 Å². The maximum Gasteiger partial charge on any atom is 0.324 e. The number of para-hydroxylation sites is 1. The van der Waals surface area contributed by atoms with Crippen LogP contribution in [-0.4, -0.2) is 11.0 Å². The van der Waals surface area contributed by atoms with Gasteiger partial charge in [-0.15, -0.1) is 11.3 Å². The van der Waals surface area contributed by atoms with Crippen molar-refractivity contribution in [3.63, 3.8) is 0 Å². The molecule has 0 aliphatic carbocycles. The lowest BCUT2D eigenvalue weighted by Gasteiger charge is -2.20. The number of aryl methyl sites for hydroxylation is 1. The van der Waals surface area contributed by atoms with E-state index in [2.05, 4.69) is 63.5 Å². The number of rotatable bonds is 9. The summed E-state index contributed by atoms with van der Waals surface area (Å²) in [5, 5.41) is 8.58. The highest BCUT2D eigenvalue weighted by Gasteiger charge is 2.20. The second-order valence-corrected chi connectivity index (χ2v) is 10.4. The first kappa shape index (κ1) is 25.3. The van der Waals surface area contributed by atoms with Gasteiger partial charge >= 0.3 is 6.03 Å². The molecule has 0 aliphatic heterocycles. The number of hydrogen-bond acceptors (Lipinski definition) is 3. The minimum absolute atomic E-state index is 0.262. The summed E-state index contributed by atoms with van der Waals surface area (Å²) in [6.07, 6.45) is 4.29. The van der Waals surface area contributed by atoms with E-state index in [1.807, 2.05) is 24.3 Å². The van der Waals surface area contributed by atoms with Crippen LogP contribution in [0.3, 0.4) is 0 Å². The average Bonchev–Trinajstić information content (AvgIpc) is 3.16. The molecule has 33 heavy (non-hydrogen) atoms. The lowest BCUT2D eigenvalue weighted by molar-refractivity contribution is 0.262. The first-order valence-corrected chi connectivity index (χ1v) is 13.0. The molecule has 0 saturated heterocycles. The number of benzene rings is 2. The van der Waals surface area contributed by atoms with Crippen LogP contribution in [0, 0.1) is 0 Å². The number of amides is 2. The maximum atomic E-state index is 13.2. The van der Waals surface area contributed by atoms with Crippen LogP contribution in [0.15, 0.2) is 42.5 Å². The topological polar surface area (TPSA) is 54.0 Å². The fraction of sp³-hybridized carbons (Fsp3) is 0.407. The predicted octanol–water partition coefficient (Wildman–Crippen LogP) is 9.09. The van der Waals surface area contributed by atoms with Gasteiger partial charge in [0.1, 0.15) is 10.7 Å². The summed E-state index contributed by atoms with van der Waals surface area (Å²) in [7, 11) is 0. The number of nitrogens with one attached hydrogen (secondary N) is 2. The molecule has 3 rings (SSSR count). The summed E-state index contributed by atoms with van der Waals surface area (Å²) in [4.78, 5) is 18.0. The highest BCUT2D eigenvalue weighted by atomic mass is 35.5. The Morgan fingerprint density at radius 2 is 1.64 bits per heavy atom. The summed E-state index contributed by atoms with van der Waals surface area (Å²) < 4.78 is 0. The molecule has 0 unspecified atom stereocenters. The van der Waals surface area contributed by atoms with Gasteiger partial charge in [-0.1, -0.05) is 95.5 Å². The Hall–Kier alpha value is -2.37. The minimum atomic E-state index is -0.262. The molecule has 2 aromatic carbocycles. The van der Waals surface area contributed by atoms with E-state index in [-0.39, 0.29) is 6.03 Å². The van der Waals surface area contributed by atoms with Crippen LogP contribution in [-0.2, 0) is 6.42 Å². The molecule has 0 radical (unpaired) electrons. The second-order valence-electron chi connectivity index (χ2n) is 8.92. The Morgan fingerprint density at radius 1 is 0.970 bits per heavy atom. The highest BCUT2D eigenvalue weighted by Crippen LogP contribution is 2.38. The molecule has 0 bridgehead atoms. The molecular weight excluding hydrogens is 450 g/mol. The van der Waals surface area contributed by atoms with E-state index in [4.69, 9.17) is 16.6 Å². The molecule has 0 atom stereocenters. The van der Waals surface area contributed by atoms with Crippen LogP contribution < -0.4 is 10.6 Å². The zero-order valence-electron chi connectivity index (χ0n) is 20.2. The number of urea groups is 1. The van der Waals surface area contributed by atoms with Crippen LogP contribution in [0.25, 0.3) is 11.3 Å². The van der Waals surface area contributed by atoms with Gasteiger partial charge in [-0.3, -0.25) is 5.32 Å². The molecule has 4 nitrogen and oxygen atoms in total. The quantitative estimate of drug-likeness (QED) is 0.298. The monoisotopic (exact) mass is 483 g/mol. The number of anilines is 2. The number of nitrogens with zero attached hydrogens (tertiary/aromatic N) is 1. The van der Waals surface area contributed by atoms with Gasteiger partial charge in [-0.05, 0) is 41.9 Å². The largest absolute Gasteiger partial charge is 0.324 e. The van der Waals surface area contributed by atoms with Gasteiger partial charge in [-0.25, -0.2) is 9.78 Å². The minimum Gasteiger partial charge on any atom is -0.307 e. The molecule has 3 aromatic rings. The van der Waals surface area contributed by atoms with E-state index in [9.17, 15) is 4.79 Å². The first-order chi connectivity index (χ1) is 15.8. The van der Waals surface area contributed by atoms with E-state index in [1.54, 1.807) is 0 Å². The van der Waals surface area contributed by atoms with Crippen molar-refractivity contribution >= 4 is 39.7 Å². The Labute approximate surface area is 206 Å². The van der Waals surface area contributed by atoms with E-state index in [0.29, 0.717) is 16.9 Å². The van der Waals surface area contributed by atoms with Crippen molar-refractivity contribution < 1.29 is 4.79 Å². The Bertz CT molecular complexity index is 1060. The van der Waals surface area contributed by atoms with Gasteiger partial charge in [0, 0.05) is 11.3 Å². The van der Waals surface area contributed by atoms with Gasteiger partial charge in [0.2, 0.25) is 0 Å². The third-order valence-electron chi connectivity index (χ3n) is 5.63. The van der Waals surface area contributed by atoms with Crippen LogP contribution in [0.5, 0.6) is 0 Å². The fourth-order valence-electron chi connectivity index (χ4n) is 3.86. The molecule has 1 aromatic heterocycles. The average molecular weight is 484 g/mol. The van der Waals surface area contributed by atoms with E-state index < -0.39 is 0 Å². The lowest BCUT2D eigenvalue weighted by atomic mass is 9.93. The summed E-state index contributed by atoms with van der Waals surface area (Å²) in [6.45, 7) is 10.8. The van der Waals surface area contributed by atoms with Crippen LogP contribution >= 0.6 is 22.9 Å². The molecule has 0 aliphatic rings. The number of hydrogen-bond donors (Lipinski definition) is 2. The van der Waals surface area contributed by atoms with E-state index in [1.165, 1.54) is 11.3 Å². The molecule has 0 spiro atoms. The number of carbonyl (C=O) groups is 1. The number of thiazole rings is 1. The second kappa shape index (κ2) is 11.7. The van der Waals surface area contributed by atoms with Gasteiger partial charge < -0.3 is 5.32 Å². The molecule has 2 N–H and O–H groups in total. The van der Waals surface area contributed by atoms with Gasteiger partial charge in [-0.2, -0.15) is 0 Å². The van der Waals surface area contributed by atoms with Crippen molar-refractivity contribution in [2.75, 3.05) is 10.6 Å². The fourth-order valence-corrected chi connectivity index (χ4v) is 5.10. The van der Waals surface area contributed by atoms with Gasteiger partial charge in [0.25, 0.3) is 0 Å². The summed E-state index contributed by atoms with van der Waals surface area (Å²) >= 11 is 8.01. The molecule has 2 amide bonds. The Kier molecular flexibility index (Phi) is 8.93. The van der Waals surface area contributed by atoms with E-state index >= 15 is 0 Å². The molecule has 1 heterocycles. The van der Waals surface area contributed by atoms with Crippen LogP contribution in [0.1, 0.15) is 81.9 Å². The van der Waals surface area contributed by atoms with Gasteiger partial charge in [0.05, 0.1) is 10.0 Å². The van der Waals surface area contributed by atoms with Crippen molar-refractivity contribution in [2.45, 2.75) is 72.1 Å². The van der Waals surface area contributed by atoms with Crippen molar-refractivity contribution in [1.29, 1.82) is 0 Å². The van der Waals surface area contributed by atoms with Gasteiger partial charge in [0.15, 0.2) is 0 Å². The zero-order valence-corrected chi connectivity index (χ0v) is 21.7. The Morgan fingerprint density at radius 3 is 2.24 bits per heavy atom. The Balaban J connectivity index is 1.92. The summed E-state index contributed by atoms with van der Waals surface area (Å²) in [6, 6.07) is 13.6. The standard InChI is InChI=1S/C27H34ClN3OS/c1-6-7-8-16-23-29-25(21-12-9-10-15-22(21)28)26(33-23)31-27(32)30-24-19(17(2)3)13-11-14-20(24)18(4)5/h9-15,17-18H,6-8,16H2,1-5H3,(H2,30,31,32). The van der Waals surface area contributed by atoms with Crippen molar-refractivity contribution in [3.8, 4) is 11.3 Å². The normalized spacial score (nSPS) is 11.3. The van der Waals surface area contributed by atoms with E-state index in [0.717, 1.165) is 63.8 Å². The van der Waals surface area contributed by atoms with Crippen molar-refractivity contribution in [1.82, 2.24) is 4.98 Å².